The van der Waals surface area contributed by atoms with Crippen LogP contribution < -0.4 is 10.2 Å². The zero-order valence-corrected chi connectivity index (χ0v) is 22.6. The molecule has 2 aromatic heterocycles. The lowest BCUT2D eigenvalue weighted by Gasteiger charge is -2.41. The molecule has 2 aliphatic rings. The maximum atomic E-state index is 13.8. The van der Waals surface area contributed by atoms with Gasteiger partial charge in [0.2, 0.25) is 0 Å². The summed E-state index contributed by atoms with van der Waals surface area (Å²) in [7, 11) is 0. The number of ether oxygens (including phenoxy) is 1. The third-order valence-electron chi connectivity index (χ3n) is 7.48. The molecule has 6 rings (SSSR count). The van der Waals surface area contributed by atoms with Gasteiger partial charge < -0.3 is 30.3 Å². The lowest BCUT2D eigenvalue weighted by atomic mass is 9.92. The summed E-state index contributed by atoms with van der Waals surface area (Å²) >= 11 is 6.65. The quantitative estimate of drug-likeness (QED) is 0.238. The minimum atomic E-state index is -1.63. The fourth-order valence-electron chi connectivity index (χ4n) is 5.33. The lowest BCUT2D eigenvalue weighted by Crippen LogP contribution is -2.53. The molecule has 2 saturated heterocycles. The number of benzene rings is 2. The second-order valence-electron chi connectivity index (χ2n) is 10.0. The molecule has 2 aromatic carbocycles. The molecule has 222 valence electrons. The van der Waals surface area contributed by atoms with Crippen LogP contribution in [0.2, 0.25) is 5.02 Å². The second-order valence-corrected chi connectivity index (χ2v) is 10.4. The van der Waals surface area contributed by atoms with Crippen LogP contribution in [0.4, 0.5) is 18.9 Å². The largest absolute Gasteiger partial charge is 0.394 e. The van der Waals surface area contributed by atoms with E-state index in [9.17, 15) is 28.5 Å². The second kappa shape index (κ2) is 11.6. The Balaban J connectivity index is 1.31. The monoisotopic (exact) mass is 606 g/mol. The molecule has 2 fully saturated rings. The van der Waals surface area contributed by atoms with E-state index in [-0.39, 0.29) is 17.1 Å². The number of hydrogen-bond acceptors (Lipinski definition) is 10. The summed E-state index contributed by atoms with van der Waals surface area (Å²) in [6, 6.07) is 5.72. The molecule has 0 spiro atoms. The van der Waals surface area contributed by atoms with Crippen molar-refractivity contribution in [3.63, 3.8) is 0 Å². The van der Waals surface area contributed by atoms with E-state index in [0.717, 1.165) is 48.7 Å². The average Bonchev–Trinajstić information content (AvgIpc) is 3.67. The summed E-state index contributed by atoms with van der Waals surface area (Å²) in [6.45, 7) is 2.68. The fraction of sp³-hybridized carbons (Fsp3) is 0.385. The SMILES string of the molecule is OC[C@H]1O[C@@H](c2nncn2-c2ccc(N3CCNCC3)c(Cl)c2)[C@H](O)[C@@H](n2cc(-c3cc(F)c(F)c(F)c3)nn2)[C@H]1O. The van der Waals surface area contributed by atoms with Crippen LogP contribution in [-0.4, -0.2) is 96.2 Å². The van der Waals surface area contributed by atoms with Gasteiger partial charge in [0.05, 0.1) is 29.2 Å². The minimum Gasteiger partial charge on any atom is -0.394 e. The predicted molar refractivity (Wildman–Crippen MR) is 143 cm³/mol. The first kappa shape index (κ1) is 28.5. The molecule has 0 unspecified atom stereocenters. The Hall–Kier alpha value is -3.60. The van der Waals surface area contributed by atoms with Crippen molar-refractivity contribution in [3.05, 3.63) is 71.2 Å². The summed E-state index contributed by atoms with van der Waals surface area (Å²) in [5.41, 5.74) is 1.31. The van der Waals surface area contributed by atoms with E-state index in [0.29, 0.717) is 10.7 Å². The molecule has 42 heavy (non-hydrogen) atoms. The van der Waals surface area contributed by atoms with Crippen LogP contribution in [0, 0.1) is 17.5 Å². The van der Waals surface area contributed by atoms with Crippen molar-refractivity contribution < 1.29 is 33.2 Å². The predicted octanol–water partition coefficient (Wildman–Crippen LogP) is 1.40. The van der Waals surface area contributed by atoms with Gasteiger partial charge in [0.25, 0.3) is 0 Å². The third-order valence-corrected chi connectivity index (χ3v) is 7.79. The highest BCUT2D eigenvalue weighted by molar-refractivity contribution is 6.33. The van der Waals surface area contributed by atoms with Crippen LogP contribution in [0.15, 0.2) is 42.9 Å². The zero-order chi connectivity index (χ0) is 29.5. The lowest BCUT2D eigenvalue weighted by molar-refractivity contribution is -0.210. The molecule has 0 radical (unpaired) electrons. The van der Waals surface area contributed by atoms with E-state index >= 15 is 0 Å². The summed E-state index contributed by atoms with van der Waals surface area (Å²) < 4.78 is 49.6. The maximum absolute atomic E-state index is 13.8. The first-order chi connectivity index (χ1) is 20.3. The number of anilines is 1. The number of nitrogens with one attached hydrogen (secondary N) is 1. The van der Waals surface area contributed by atoms with E-state index in [1.807, 2.05) is 12.1 Å². The first-order valence-corrected chi connectivity index (χ1v) is 13.5. The molecular weight excluding hydrogens is 581 g/mol. The first-order valence-electron chi connectivity index (χ1n) is 13.1. The number of piperazine rings is 1. The number of aliphatic hydroxyl groups excluding tert-OH is 3. The Labute approximate surface area is 241 Å². The number of hydrogen-bond donors (Lipinski definition) is 4. The van der Waals surface area contributed by atoms with Gasteiger partial charge in [0, 0.05) is 31.7 Å². The third kappa shape index (κ3) is 5.12. The van der Waals surface area contributed by atoms with Crippen molar-refractivity contribution in [2.24, 2.45) is 0 Å². The van der Waals surface area contributed by atoms with E-state index in [2.05, 4.69) is 30.7 Å². The van der Waals surface area contributed by atoms with Crippen LogP contribution >= 0.6 is 11.6 Å². The molecule has 16 heteroatoms. The van der Waals surface area contributed by atoms with Crippen molar-refractivity contribution in [3.8, 4) is 16.9 Å². The molecule has 0 aliphatic carbocycles. The van der Waals surface area contributed by atoms with E-state index < -0.39 is 54.5 Å². The number of aromatic nitrogens is 6. The smallest absolute Gasteiger partial charge is 0.194 e. The van der Waals surface area contributed by atoms with Gasteiger partial charge in [-0.2, -0.15) is 0 Å². The topological polar surface area (TPSA) is 147 Å². The Morgan fingerprint density at radius 3 is 2.45 bits per heavy atom. The molecule has 4 heterocycles. The van der Waals surface area contributed by atoms with Gasteiger partial charge in [-0.1, -0.05) is 16.8 Å². The van der Waals surface area contributed by atoms with Gasteiger partial charge >= 0.3 is 0 Å². The van der Waals surface area contributed by atoms with Crippen molar-refractivity contribution in [1.82, 2.24) is 35.1 Å². The maximum Gasteiger partial charge on any atom is 0.194 e. The Kier molecular flexibility index (Phi) is 7.87. The zero-order valence-electron chi connectivity index (χ0n) is 21.9. The number of rotatable bonds is 6. The highest BCUT2D eigenvalue weighted by Gasteiger charge is 2.48. The van der Waals surface area contributed by atoms with Crippen LogP contribution in [0.25, 0.3) is 16.9 Å². The summed E-state index contributed by atoms with van der Waals surface area (Å²) in [6.07, 6.45) is -2.71. The molecular formula is C26H26ClF3N8O4. The number of aliphatic hydroxyl groups is 3. The molecule has 4 aromatic rings. The summed E-state index contributed by atoms with van der Waals surface area (Å²) in [5, 5.41) is 52.1. The van der Waals surface area contributed by atoms with Crippen LogP contribution in [0.5, 0.6) is 0 Å². The highest BCUT2D eigenvalue weighted by atomic mass is 35.5. The van der Waals surface area contributed by atoms with Gasteiger partial charge in [-0.25, -0.2) is 17.9 Å². The Morgan fingerprint density at radius 2 is 1.76 bits per heavy atom. The number of nitrogens with zero attached hydrogens (tertiary/aromatic N) is 7. The molecule has 12 nitrogen and oxygen atoms in total. The Morgan fingerprint density at radius 1 is 1.02 bits per heavy atom. The van der Waals surface area contributed by atoms with Crippen LogP contribution in [0.1, 0.15) is 18.0 Å². The fourth-order valence-corrected chi connectivity index (χ4v) is 5.63. The summed E-state index contributed by atoms with van der Waals surface area (Å²) in [4.78, 5) is 2.17. The van der Waals surface area contributed by atoms with E-state index in [1.165, 1.54) is 12.5 Å². The van der Waals surface area contributed by atoms with Crippen LogP contribution in [0.3, 0.4) is 0 Å². The van der Waals surface area contributed by atoms with Crippen molar-refractivity contribution >= 4 is 17.3 Å². The molecule has 2 aliphatic heterocycles. The summed E-state index contributed by atoms with van der Waals surface area (Å²) in [5.74, 6) is -4.29. The average molecular weight is 607 g/mol. The van der Waals surface area contributed by atoms with E-state index in [4.69, 9.17) is 16.3 Å². The molecule has 0 amide bonds. The molecule has 5 atom stereocenters. The van der Waals surface area contributed by atoms with Crippen LogP contribution in [-0.2, 0) is 4.74 Å². The van der Waals surface area contributed by atoms with Crippen molar-refractivity contribution in [2.45, 2.75) is 30.5 Å². The standard InChI is InChI=1S/C26H26ClF3N8O4/c27-15-9-14(1-2-19(15)36-5-3-31-4-6-36)37-12-32-34-26(37)25-24(41)22(23(40)20(11-39)42-25)38-10-18(33-35-38)13-7-16(28)21(30)17(29)8-13/h1-2,7-10,12,20,22-25,31,39-41H,3-6,11H2/t20-,22+,23+,24-,25-/m1/s1. The van der Waals surface area contributed by atoms with Crippen molar-refractivity contribution in [1.29, 1.82) is 0 Å². The van der Waals surface area contributed by atoms with Gasteiger partial charge in [-0.05, 0) is 30.3 Å². The minimum absolute atomic E-state index is 0.0434. The molecule has 0 saturated carbocycles. The molecule has 0 bridgehead atoms. The van der Waals surface area contributed by atoms with E-state index in [1.54, 1.807) is 10.6 Å². The highest BCUT2D eigenvalue weighted by Crippen LogP contribution is 2.39. The Bertz CT molecular complexity index is 1560. The normalized spacial score (nSPS) is 24.7. The van der Waals surface area contributed by atoms with Gasteiger partial charge in [0.15, 0.2) is 23.3 Å². The van der Waals surface area contributed by atoms with Gasteiger partial charge in [-0.15, -0.1) is 15.3 Å². The molecule has 4 N–H and O–H groups in total. The number of halogens is 4. The van der Waals surface area contributed by atoms with Gasteiger partial charge in [-0.3, -0.25) is 4.57 Å². The van der Waals surface area contributed by atoms with Gasteiger partial charge in [0.1, 0.15) is 42.5 Å². The van der Waals surface area contributed by atoms with Crippen molar-refractivity contribution in [2.75, 3.05) is 37.7 Å².